The van der Waals surface area contributed by atoms with Gasteiger partial charge < -0.3 is 10.3 Å². The summed E-state index contributed by atoms with van der Waals surface area (Å²) in [4.78, 5) is -0.150. The zero-order valence-electron chi connectivity index (χ0n) is 18.2. The zero-order chi connectivity index (χ0) is 23.2. The minimum absolute atomic E-state index is 0.150. The lowest BCUT2D eigenvalue weighted by Crippen LogP contribution is -2.51. The number of fused-ring (bicyclic) bond motifs is 1. The maximum atomic E-state index is 11.4. The molecule has 0 fully saturated rings. The van der Waals surface area contributed by atoms with Crippen LogP contribution in [0.1, 0.15) is 18.5 Å². The van der Waals surface area contributed by atoms with Crippen molar-refractivity contribution >= 4 is 53.2 Å². The minimum atomic E-state index is -4.48. The molecule has 3 N–H and O–H groups in total. The Bertz CT molecular complexity index is 1710. The summed E-state index contributed by atoms with van der Waals surface area (Å²) in [6, 6.07) is 31.9. The van der Waals surface area contributed by atoms with Gasteiger partial charge in [0.15, 0.2) is 0 Å². The van der Waals surface area contributed by atoms with E-state index < -0.39 is 10.1 Å². The van der Waals surface area contributed by atoms with Crippen LogP contribution in [0.5, 0.6) is 0 Å². The first kappa shape index (κ1) is 21.3. The number of benzene rings is 6. The van der Waals surface area contributed by atoms with E-state index in [0.29, 0.717) is 11.4 Å². The monoisotopic (exact) mass is 453 g/mol. The highest BCUT2D eigenvalue weighted by Gasteiger charge is 2.13. The minimum Gasteiger partial charge on any atom is -0.744 e. The first-order chi connectivity index (χ1) is 15.8. The molecule has 0 aromatic heterocycles. The largest absolute Gasteiger partial charge is 0.744 e. The van der Waals surface area contributed by atoms with Gasteiger partial charge in [0.2, 0.25) is 0 Å². The average molecular weight is 454 g/mol. The van der Waals surface area contributed by atoms with Crippen molar-refractivity contribution in [3.8, 4) is 0 Å². The van der Waals surface area contributed by atoms with Crippen LogP contribution < -0.4 is 5.73 Å². The summed E-state index contributed by atoms with van der Waals surface area (Å²) in [7, 11) is -4.48. The second-order valence-electron chi connectivity index (χ2n) is 8.38. The van der Waals surface area contributed by atoms with E-state index in [1.54, 1.807) is 12.1 Å². The molecule has 0 amide bonds. The van der Waals surface area contributed by atoms with E-state index in [2.05, 4.69) is 55.1 Å². The van der Waals surface area contributed by atoms with Crippen molar-refractivity contribution in [3.63, 3.8) is 0 Å². The molecular weight excluding hydrogens is 430 g/mol. The van der Waals surface area contributed by atoms with Crippen LogP contribution in [0.2, 0.25) is 0 Å². The molecule has 0 saturated heterocycles. The molecular formula is C28H23NO3S. The highest BCUT2D eigenvalue weighted by atomic mass is 32.2. The fourth-order valence-electron chi connectivity index (χ4n) is 4.44. The van der Waals surface area contributed by atoms with Crippen molar-refractivity contribution in [2.45, 2.75) is 17.9 Å². The number of quaternary nitrogens is 1. The molecule has 0 aliphatic carbocycles. The van der Waals surface area contributed by atoms with E-state index in [1.165, 1.54) is 22.4 Å². The maximum absolute atomic E-state index is 11.4. The van der Waals surface area contributed by atoms with Crippen LogP contribution >= 0.6 is 0 Å². The summed E-state index contributed by atoms with van der Waals surface area (Å²) in [6.07, 6.45) is 0. The molecule has 0 saturated carbocycles. The summed E-state index contributed by atoms with van der Waals surface area (Å²) in [5.74, 6) is 0. The fraction of sp³-hybridized carbons (Fsp3) is 0.0714. The highest BCUT2D eigenvalue weighted by Crippen LogP contribution is 2.37. The van der Waals surface area contributed by atoms with Gasteiger partial charge in [0.05, 0.1) is 4.90 Å². The van der Waals surface area contributed by atoms with Crippen LogP contribution in [-0.2, 0) is 10.1 Å². The number of hydrogen-bond acceptors (Lipinski definition) is 3. The Morgan fingerprint density at radius 1 is 0.667 bits per heavy atom. The first-order valence-electron chi connectivity index (χ1n) is 10.8. The zero-order valence-corrected chi connectivity index (χ0v) is 19.0. The van der Waals surface area contributed by atoms with Crippen molar-refractivity contribution in [2.75, 3.05) is 0 Å². The van der Waals surface area contributed by atoms with E-state index in [0.717, 1.165) is 26.9 Å². The molecule has 164 valence electrons. The molecule has 0 unspecified atom stereocenters. The molecule has 6 aromatic carbocycles. The van der Waals surface area contributed by atoms with Crippen molar-refractivity contribution in [1.29, 1.82) is 0 Å². The molecule has 33 heavy (non-hydrogen) atoms. The third-order valence-corrected chi connectivity index (χ3v) is 7.00. The van der Waals surface area contributed by atoms with Gasteiger partial charge in [-0.3, -0.25) is 0 Å². The SMILES string of the molecule is C[C@@H]([NH3+])c1ccc2ccccc2c1.O=S(=O)([O-])c1ccc2ccc3cccc4ccc1c2c34. The van der Waals surface area contributed by atoms with Gasteiger partial charge in [0, 0.05) is 10.9 Å². The molecule has 6 aromatic rings. The molecule has 1 atom stereocenters. The Kier molecular flexibility index (Phi) is 5.25. The van der Waals surface area contributed by atoms with Crippen molar-refractivity contribution in [2.24, 2.45) is 0 Å². The Morgan fingerprint density at radius 3 is 1.88 bits per heavy atom. The average Bonchev–Trinajstić information content (AvgIpc) is 2.82. The lowest BCUT2D eigenvalue weighted by molar-refractivity contribution is -0.420. The van der Waals surface area contributed by atoms with Crippen LogP contribution in [0.3, 0.4) is 0 Å². The summed E-state index contributed by atoms with van der Waals surface area (Å²) < 4.78 is 34.3. The lowest BCUT2D eigenvalue weighted by Gasteiger charge is -2.15. The quantitative estimate of drug-likeness (QED) is 0.272. The topological polar surface area (TPSA) is 84.8 Å². The normalized spacial score (nSPS) is 12.8. The van der Waals surface area contributed by atoms with E-state index >= 15 is 0 Å². The van der Waals surface area contributed by atoms with Gasteiger partial charge in [-0.25, -0.2) is 8.42 Å². The summed E-state index contributed by atoms with van der Waals surface area (Å²) in [6.45, 7) is 2.12. The molecule has 5 heteroatoms. The summed E-state index contributed by atoms with van der Waals surface area (Å²) in [5.41, 5.74) is 5.32. The predicted molar refractivity (Wildman–Crippen MR) is 133 cm³/mol. The number of rotatable bonds is 2. The van der Waals surface area contributed by atoms with E-state index in [1.807, 2.05) is 36.4 Å². The highest BCUT2D eigenvalue weighted by molar-refractivity contribution is 7.86. The van der Waals surface area contributed by atoms with E-state index in [4.69, 9.17) is 0 Å². The number of hydrogen-bond donors (Lipinski definition) is 1. The van der Waals surface area contributed by atoms with Gasteiger partial charge in [0.25, 0.3) is 0 Å². The Labute approximate surface area is 192 Å². The third kappa shape index (κ3) is 3.91. The summed E-state index contributed by atoms with van der Waals surface area (Å²) >= 11 is 0. The lowest BCUT2D eigenvalue weighted by atomic mass is 9.94. The maximum Gasteiger partial charge on any atom is 0.125 e. The summed E-state index contributed by atoms with van der Waals surface area (Å²) in [5, 5.41) is 7.98. The van der Waals surface area contributed by atoms with Gasteiger partial charge in [0.1, 0.15) is 16.2 Å². The second kappa shape index (κ2) is 8.12. The van der Waals surface area contributed by atoms with Crippen molar-refractivity contribution < 1.29 is 18.7 Å². The van der Waals surface area contributed by atoms with Gasteiger partial charge in [-0.05, 0) is 56.8 Å². The standard InChI is InChI=1S/C16H10O3S.C12H13N/c17-20(18,19)14-9-7-12-5-4-10-2-1-3-11-6-8-13(14)16(12)15(10)11;1-9(13)11-7-6-10-4-2-3-5-12(10)8-11/h1-9H,(H,17,18,19);2-9H,13H2,1H3/t;9-/m.1/s1. The Balaban J connectivity index is 0.000000152. The van der Waals surface area contributed by atoms with Crippen LogP contribution in [0.25, 0.3) is 43.1 Å². The molecule has 0 heterocycles. The van der Waals surface area contributed by atoms with Crippen LogP contribution in [0.4, 0.5) is 0 Å². The smallest absolute Gasteiger partial charge is 0.125 e. The molecule has 0 aliphatic rings. The van der Waals surface area contributed by atoms with Gasteiger partial charge in [-0.15, -0.1) is 0 Å². The van der Waals surface area contributed by atoms with Gasteiger partial charge in [-0.1, -0.05) is 84.9 Å². The Hall–Kier alpha value is -3.51. The fourth-order valence-corrected chi connectivity index (χ4v) is 5.12. The third-order valence-electron chi connectivity index (χ3n) is 6.10. The van der Waals surface area contributed by atoms with Crippen LogP contribution in [0, 0.1) is 0 Å². The van der Waals surface area contributed by atoms with Crippen LogP contribution in [0.15, 0.2) is 102 Å². The first-order valence-corrected chi connectivity index (χ1v) is 12.2. The van der Waals surface area contributed by atoms with E-state index in [9.17, 15) is 13.0 Å². The predicted octanol–water partition coefficient (Wildman–Crippen LogP) is 5.63. The van der Waals surface area contributed by atoms with Crippen molar-refractivity contribution in [1.82, 2.24) is 0 Å². The molecule has 0 aliphatic heterocycles. The van der Waals surface area contributed by atoms with Gasteiger partial charge >= 0.3 is 0 Å². The molecule has 4 nitrogen and oxygen atoms in total. The molecule has 0 bridgehead atoms. The van der Waals surface area contributed by atoms with Crippen LogP contribution in [-0.4, -0.2) is 13.0 Å². The molecule has 6 rings (SSSR count). The second-order valence-corrected chi connectivity index (χ2v) is 9.73. The molecule has 0 spiro atoms. The van der Waals surface area contributed by atoms with Gasteiger partial charge in [-0.2, -0.15) is 0 Å². The molecule has 0 radical (unpaired) electrons. The Morgan fingerprint density at radius 2 is 1.21 bits per heavy atom. The van der Waals surface area contributed by atoms with Crippen molar-refractivity contribution in [3.05, 3.63) is 103 Å². The van der Waals surface area contributed by atoms with E-state index in [-0.39, 0.29) is 4.90 Å².